The molecule has 1 fully saturated rings. The number of benzene rings is 1. The number of carbonyl (C=O) groups is 1. The van der Waals surface area contributed by atoms with Crippen molar-refractivity contribution in [1.29, 1.82) is 0 Å². The molecule has 0 atom stereocenters. The zero-order chi connectivity index (χ0) is 13.4. The van der Waals surface area contributed by atoms with E-state index in [-0.39, 0.29) is 31.1 Å². The zero-order valence-corrected chi connectivity index (χ0v) is 12.4. The fraction of sp³-hybridized carbons (Fsp3) is 0.462. The summed E-state index contributed by atoms with van der Waals surface area (Å²) >= 11 is 6.09. The highest BCUT2D eigenvalue weighted by atomic mass is 35.5. The summed E-state index contributed by atoms with van der Waals surface area (Å²) in [5.41, 5.74) is 6.37. The van der Waals surface area contributed by atoms with Crippen molar-refractivity contribution in [1.82, 2.24) is 4.90 Å². The van der Waals surface area contributed by atoms with Crippen molar-refractivity contribution in [2.45, 2.75) is 18.9 Å². The monoisotopic (exact) mass is 318 g/mol. The van der Waals surface area contributed by atoms with Gasteiger partial charge in [0.1, 0.15) is 0 Å². The van der Waals surface area contributed by atoms with E-state index in [4.69, 9.17) is 26.8 Å². The summed E-state index contributed by atoms with van der Waals surface area (Å²) in [5.74, 6) is 1.01. The number of fused-ring (bicyclic) bond motifs is 1. The van der Waals surface area contributed by atoms with Gasteiger partial charge in [0.05, 0.1) is 5.02 Å². The van der Waals surface area contributed by atoms with E-state index in [1.807, 2.05) is 0 Å². The van der Waals surface area contributed by atoms with E-state index in [1.54, 1.807) is 17.0 Å². The standard InChI is InChI=1S/C13H15ClN2O3.ClH/c14-10-5-8(6-11-12(10)19-7-18-11)13(17)16-3-1-9(15)2-4-16;/h5-6,9H,1-4,7,15H2;1H. The molecule has 2 heterocycles. The Hall–Kier alpha value is -1.17. The third-order valence-corrected chi connectivity index (χ3v) is 3.78. The number of halogens is 2. The normalized spacial score (nSPS) is 17.8. The maximum Gasteiger partial charge on any atom is 0.254 e. The highest BCUT2D eigenvalue weighted by Crippen LogP contribution is 2.40. The smallest absolute Gasteiger partial charge is 0.254 e. The van der Waals surface area contributed by atoms with Crippen LogP contribution in [0.2, 0.25) is 5.02 Å². The number of likely N-dealkylation sites (tertiary alicyclic amines) is 1. The molecule has 0 unspecified atom stereocenters. The number of carbonyl (C=O) groups excluding carboxylic acids is 1. The molecule has 1 amide bonds. The molecule has 2 aliphatic rings. The molecule has 3 rings (SSSR count). The van der Waals surface area contributed by atoms with Crippen molar-refractivity contribution in [3.63, 3.8) is 0 Å². The first-order chi connectivity index (χ1) is 9.15. The van der Waals surface area contributed by atoms with Crippen LogP contribution in [-0.4, -0.2) is 36.7 Å². The fourth-order valence-electron chi connectivity index (χ4n) is 2.38. The van der Waals surface area contributed by atoms with Crippen LogP contribution >= 0.6 is 24.0 Å². The van der Waals surface area contributed by atoms with Crippen LogP contribution in [0, 0.1) is 0 Å². The van der Waals surface area contributed by atoms with Gasteiger partial charge in [-0.05, 0) is 25.0 Å². The van der Waals surface area contributed by atoms with Gasteiger partial charge < -0.3 is 20.1 Å². The van der Waals surface area contributed by atoms with Crippen molar-refractivity contribution >= 4 is 29.9 Å². The zero-order valence-electron chi connectivity index (χ0n) is 10.8. The van der Waals surface area contributed by atoms with Gasteiger partial charge in [0, 0.05) is 24.7 Å². The molecule has 5 nitrogen and oxygen atoms in total. The summed E-state index contributed by atoms with van der Waals surface area (Å²) < 4.78 is 10.5. The van der Waals surface area contributed by atoms with Gasteiger partial charge in [0.2, 0.25) is 6.79 Å². The number of nitrogens with zero attached hydrogens (tertiary/aromatic N) is 1. The number of hydrogen-bond acceptors (Lipinski definition) is 4. The second-order valence-corrected chi connectivity index (χ2v) is 5.23. The number of piperidine rings is 1. The highest BCUT2D eigenvalue weighted by Gasteiger charge is 2.25. The molecule has 0 radical (unpaired) electrons. The number of rotatable bonds is 1. The molecule has 110 valence electrons. The van der Waals surface area contributed by atoms with Crippen molar-refractivity contribution in [3.05, 3.63) is 22.7 Å². The summed E-state index contributed by atoms with van der Waals surface area (Å²) in [7, 11) is 0. The molecular formula is C13H16Cl2N2O3. The Kier molecular flexibility index (Phi) is 4.62. The molecule has 7 heteroatoms. The van der Waals surface area contributed by atoms with Crippen LogP contribution in [-0.2, 0) is 0 Å². The Morgan fingerprint density at radius 3 is 2.70 bits per heavy atom. The van der Waals surface area contributed by atoms with E-state index in [2.05, 4.69) is 0 Å². The third kappa shape index (κ3) is 2.80. The molecule has 0 spiro atoms. The van der Waals surface area contributed by atoms with Crippen LogP contribution in [0.1, 0.15) is 23.2 Å². The third-order valence-electron chi connectivity index (χ3n) is 3.50. The second kappa shape index (κ2) is 6.08. The number of ether oxygens (including phenoxy) is 2. The largest absolute Gasteiger partial charge is 0.454 e. The predicted molar refractivity (Wildman–Crippen MR) is 77.9 cm³/mol. The van der Waals surface area contributed by atoms with E-state index in [1.165, 1.54) is 0 Å². The van der Waals surface area contributed by atoms with E-state index in [0.717, 1.165) is 12.8 Å². The summed E-state index contributed by atoms with van der Waals surface area (Å²) in [5, 5.41) is 0.409. The summed E-state index contributed by atoms with van der Waals surface area (Å²) in [6.07, 6.45) is 1.67. The van der Waals surface area contributed by atoms with Crippen LogP contribution in [0.5, 0.6) is 11.5 Å². The molecule has 2 N–H and O–H groups in total. The minimum Gasteiger partial charge on any atom is -0.454 e. The average Bonchev–Trinajstić information content (AvgIpc) is 2.87. The SMILES string of the molecule is Cl.NC1CCN(C(=O)c2cc(Cl)c3c(c2)OCO3)CC1. The van der Waals surface area contributed by atoms with E-state index < -0.39 is 0 Å². The first kappa shape index (κ1) is 15.2. The van der Waals surface area contributed by atoms with Gasteiger partial charge in [-0.1, -0.05) is 11.6 Å². The Morgan fingerprint density at radius 2 is 2.00 bits per heavy atom. The minimum atomic E-state index is -0.0351. The number of nitrogens with two attached hydrogens (primary N) is 1. The van der Waals surface area contributed by atoms with Crippen molar-refractivity contribution in [3.8, 4) is 11.5 Å². The molecule has 2 aliphatic heterocycles. The van der Waals surface area contributed by atoms with Crippen molar-refractivity contribution in [2.75, 3.05) is 19.9 Å². The van der Waals surface area contributed by atoms with Gasteiger partial charge in [-0.2, -0.15) is 0 Å². The molecule has 0 aliphatic carbocycles. The number of amides is 1. The molecule has 1 saturated heterocycles. The summed E-state index contributed by atoms with van der Waals surface area (Å²) in [6.45, 7) is 1.52. The lowest BCUT2D eigenvalue weighted by Crippen LogP contribution is -2.42. The van der Waals surface area contributed by atoms with Crippen molar-refractivity contribution < 1.29 is 14.3 Å². The minimum absolute atomic E-state index is 0. The lowest BCUT2D eigenvalue weighted by Gasteiger charge is -2.30. The first-order valence-electron chi connectivity index (χ1n) is 6.29. The lowest BCUT2D eigenvalue weighted by atomic mass is 10.0. The van der Waals surface area contributed by atoms with E-state index in [0.29, 0.717) is 35.2 Å². The number of hydrogen-bond donors (Lipinski definition) is 1. The summed E-state index contributed by atoms with van der Waals surface area (Å²) in [4.78, 5) is 14.2. The quantitative estimate of drug-likeness (QED) is 0.860. The van der Waals surface area contributed by atoms with Crippen LogP contribution in [0.3, 0.4) is 0 Å². The van der Waals surface area contributed by atoms with Gasteiger partial charge in [-0.25, -0.2) is 0 Å². The molecule has 1 aromatic carbocycles. The second-order valence-electron chi connectivity index (χ2n) is 4.82. The molecule has 1 aromatic rings. The van der Waals surface area contributed by atoms with Crippen molar-refractivity contribution in [2.24, 2.45) is 5.73 Å². The maximum absolute atomic E-state index is 12.4. The average molecular weight is 319 g/mol. The Morgan fingerprint density at radius 1 is 1.30 bits per heavy atom. The van der Waals surface area contributed by atoms with Gasteiger partial charge in [0.15, 0.2) is 11.5 Å². The molecule has 0 saturated carbocycles. The van der Waals surface area contributed by atoms with Crippen LogP contribution < -0.4 is 15.2 Å². The Balaban J connectivity index is 0.00000147. The van der Waals surface area contributed by atoms with Crippen LogP contribution in [0.25, 0.3) is 0 Å². The summed E-state index contributed by atoms with van der Waals surface area (Å²) in [6, 6.07) is 3.51. The Labute approximate surface area is 128 Å². The van der Waals surface area contributed by atoms with Gasteiger partial charge >= 0.3 is 0 Å². The Bertz CT molecular complexity index is 517. The highest BCUT2D eigenvalue weighted by molar-refractivity contribution is 6.32. The topological polar surface area (TPSA) is 64.8 Å². The lowest BCUT2D eigenvalue weighted by molar-refractivity contribution is 0.0714. The molecule has 0 aromatic heterocycles. The fourth-order valence-corrected chi connectivity index (χ4v) is 2.64. The predicted octanol–water partition coefficient (Wildman–Crippen LogP) is 2.05. The van der Waals surface area contributed by atoms with Crippen LogP contribution in [0.15, 0.2) is 12.1 Å². The van der Waals surface area contributed by atoms with Gasteiger partial charge in [0.25, 0.3) is 5.91 Å². The molecular weight excluding hydrogens is 303 g/mol. The maximum atomic E-state index is 12.4. The van der Waals surface area contributed by atoms with E-state index in [9.17, 15) is 4.79 Å². The molecule has 0 bridgehead atoms. The first-order valence-corrected chi connectivity index (χ1v) is 6.67. The molecule has 20 heavy (non-hydrogen) atoms. The van der Waals surface area contributed by atoms with Gasteiger partial charge in [-0.15, -0.1) is 12.4 Å². The van der Waals surface area contributed by atoms with Crippen LogP contribution in [0.4, 0.5) is 0 Å². The van der Waals surface area contributed by atoms with E-state index >= 15 is 0 Å². The van der Waals surface area contributed by atoms with Gasteiger partial charge in [-0.3, -0.25) is 4.79 Å².